The molecule has 0 radical (unpaired) electrons. The molecule has 3 atom stereocenters. The van der Waals surface area contributed by atoms with E-state index >= 15 is 0 Å². The first-order valence-corrected chi connectivity index (χ1v) is 10.9. The zero-order valence-electron chi connectivity index (χ0n) is 16.8. The number of hydrogen-bond acceptors (Lipinski definition) is 6. The Bertz CT molecular complexity index is 1120. The van der Waals surface area contributed by atoms with Gasteiger partial charge in [-0.2, -0.15) is 0 Å². The number of nitrogens with one attached hydrogen (secondary N) is 1. The molecule has 162 valence electrons. The topological polar surface area (TPSA) is 108 Å². The van der Waals surface area contributed by atoms with Crippen LogP contribution in [0.25, 0.3) is 10.8 Å². The average Bonchev–Trinajstić information content (AvgIpc) is 2.76. The highest BCUT2D eigenvalue weighted by atomic mass is 35.5. The third kappa shape index (κ3) is 3.72. The first-order chi connectivity index (χ1) is 14.7. The smallest absolute Gasteiger partial charge is 0.312 e. The van der Waals surface area contributed by atoms with Gasteiger partial charge < -0.3 is 20.2 Å². The fourth-order valence-electron chi connectivity index (χ4n) is 3.74. The van der Waals surface area contributed by atoms with Crippen molar-refractivity contribution in [2.45, 2.75) is 18.3 Å². The van der Waals surface area contributed by atoms with E-state index < -0.39 is 23.3 Å². The number of carbonyl (C=O) groups excluding carboxylic acids is 2. The number of carbonyl (C=O) groups is 3. The van der Waals surface area contributed by atoms with Crippen LogP contribution in [0.1, 0.15) is 12.5 Å². The molecule has 2 unspecified atom stereocenters. The number of amides is 2. The third-order valence-corrected chi connectivity index (χ3v) is 7.54. The zero-order valence-corrected chi connectivity index (χ0v) is 18.4. The number of carboxylic acid groups (broad SMARTS) is 1. The lowest BCUT2D eigenvalue weighted by Gasteiger charge is -2.53. The van der Waals surface area contributed by atoms with Gasteiger partial charge in [-0.15, -0.1) is 11.8 Å². The Morgan fingerprint density at radius 3 is 2.84 bits per heavy atom. The summed E-state index contributed by atoms with van der Waals surface area (Å²) in [6.07, 6.45) is 0. The Balaban J connectivity index is 1.53. The Labute approximate surface area is 187 Å². The number of oxime groups is 1. The molecule has 2 aliphatic rings. The molecular weight excluding hydrogens is 442 g/mol. The van der Waals surface area contributed by atoms with Crippen LogP contribution in [0.5, 0.6) is 0 Å². The van der Waals surface area contributed by atoms with Gasteiger partial charge in [0.1, 0.15) is 18.5 Å². The van der Waals surface area contributed by atoms with Crippen molar-refractivity contribution in [2.75, 3.05) is 19.4 Å². The molecule has 0 aromatic heterocycles. The van der Waals surface area contributed by atoms with E-state index in [0.717, 1.165) is 10.8 Å². The van der Waals surface area contributed by atoms with Crippen LogP contribution < -0.4 is 5.32 Å². The molecule has 2 aromatic rings. The molecule has 0 bridgehead atoms. The molecule has 10 heteroatoms. The van der Waals surface area contributed by atoms with Crippen molar-refractivity contribution in [3.05, 3.63) is 47.0 Å². The Kier molecular flexibility index (Phi) is 5.57. The molecule has 2 N–H and O–H groups in total. The number of benzene rings is 2. The summed E-state index contributed by atoms with van der Waals surface area (Å²) >= 11 is 7.63. The minimum atomic E-state index is -1.00. The molecule has 8 nitrogen and oxygen atoms in total. The van der Waals surface area contributed by atoms with E-state index in [0.29, 0.717) is 16.3 Å². The summed E-state index contributed by atoms with van der Waals surface area (Å²) in [5, 5.41) is 17.9. The fraction of sp³-hybridized carbons (Fsp3) is 0.333. The highest BCUT2D eigenvalue weighted by molar-refractivity contribution is 8.00. The number of hydrogen-bond donors (Lipinski definition) is 2. The van der Waals surface area contributed by atoms with Crippen molar-refractivity contribution in [2.24, 2.45) is 10.6 Å². The van der Waals surface area contributed by atoms with Crippen LogP contribution in [-0.2, 0) is 19.2 Å². The van der Waals surface area contributed by atoms with E-state index in [2.05, 4.69) is 10.5 Å². The van der Waals surface area contributed by atoms with E-state index in [4.69, 9.17) is 16.4 Å². The standard InChI is InChI=1S/C21H20ClN3O5S/c1-21(20(28)29)9-25-18(27)16(19(25)31-10-21)23-17(26)15(24-30-2)12-7-6-11-4-3-5-14(22)13(11)8-12/h3-8,16,19H,9-10H2,1-2H3,(H,23,26)(H,28,29)/t16?,19-,21?/m1/s1. The van der Waals surface area contributed by atoms with Gasteiger partial charge in [0.15, 0.2) is 5.71 Å². The molecule has 2 saturated heterocycles. The SMILES string of the molecule is CON=C(C(=O)NC1C(=O)N2CC(C)(C(=O)O)CS[C@H]12)c1ccc2cccc(Cl)c2c1. The largest absolute Gasteiger partial charge is 0.481 e. The summed E-state index contributed by atoms with van der Waals surface area (Å²) < 4.78 is 0. The second-order valence-electron chi connectivity index (χ2n) is 7.78. The normalized spacial score (nSPS) is 25.6. The van der Waals surface area contributed by atoms with E-state index in [-0.39, 0.29) is 23.5 Å². The van der Waals surface area contributed by atoms with Crippen LogP contribution in [0.2, 0.25) is 5.02 Å². The average molecular weight is 462 g/mol. The summed E-state index contributed by atoms with van der Waals surface area (Å²) in [5.74, 6) is -1.45. The highest BCUT2D eigenvalue weighted by Crippen LogP contribution is 2.42. The van der Waals surface area contributed by atoms with Gasteiger partial charge in [-0.05, 0) is 24.4 Å². The number of thioether (sulfide) groups is 1. The van der Waals surface area contributed by atoms with E-state index in [1.165, 1.54) is 23.8 Å². The molecule has 2 aromatic carbocycles. The van der Waals surface area contributed by atoms with Crippen molar-refractivity contribution in [3.63, 3.8) is 0 Å². The summed E-state index contributed by atoms with van der Waals surface area (Å²) in [5.41, 5.74) is -0.483. The predicted molar refractivity (Wildman–Crippen MR) is 118 cm³/mol. The molecule has 2 heterocycles. The summed E-state index contributed by atoms with van der Waals surface area (Å²) in [4.78, 5) is 43.4. The van der Waals surface area contributed by atoms with Gasteiger partial charge in [0.05, 0.1) is 5.41 Å². The number of fused-ring (bicyclic) bond motifs is 2. The second kappa shape index (κ2) is 8.05. The van der Waals surface area contributed by atoms with Crippen LogP contribution in [0.4, 0.5) is 0 Å². The van der Waals surface area contributed by atoms with Crippen LogP contribution in [0.3, 0.4) is 0 Å². The van der Waals surface area contributed by atoms with Gasteiger partial charge in [0.25, 0.3) is 5.91 Å². The first kappa shape index (κ1) is 21.5. The third-order valence-electron chi connectivity index (χ3n) is 5.54. The number of rotatable bonds is 5. The fourth-order valence-corrected chi connectivity index (χ4v) is 5.46. The van der Waals surface area contributed by atoms with Crippen molar-refractivity contribution < 1.29 is 24.3 Å². The number of β-lactam (4-membered cyclic amide) rings is 1. The van der Waals surface area contributed by atoms with Crippen LogP contribution in [0.15, 0.2) is 41.6 Å². The van der Waals surface area contributed by atoms with Crippen molar-refractivity contribution in [1.29, 1.82) is 0 Å². The van der Waals surface area contributed by atoms with Crippen molar-refractivity contribution in [1.82, 2.24) is 10.2 Å². The second-order valence-corrected chi connectivity index (χ2v) is 9.30. The molecule has 0 aliphatic carbocycles. The molecule has 0 saturated carbocycles. The van der Waals surface area contributed by atoms with Crippen LogP contribution >= 0.6 is 23.4 Å². The zero-order chi connectivity index (χ0) is 22.3. The van der Waals surface area contributed by atoms with Gasteiger partial charge in [-0.1, -0.05) is 41.0 Å². The molecular formula is C21H20ClN3O5S. The van der Waals surface area contributed by atoms with Gasteiger partial charge in [-0.3, -0.25) is 14.4 Å². The Hall–Kier alpha value is -2.78. The molecule has 0 spiro atoms. The summed E-state index contributed by atoms with van der Waals surface area (Å²) in [6, 6.07) is 10.1. The maximum absolute atomic E-state index is 13.0. The summed E-state index contributed by atoms with van der Waals surface area (Å²) in [6.45, 7) is 1.74. The lowest BCUT2D eigenvalue weighted by atomic mass is 9.89. The number of nitrogens with zero attached hydrogens (tertiary/aromatic N) is 2. The summed E-state index contributed by atoms with van der Waals surface area (Å²) in [7, 11) is 1.33. The molecule has 2 amide bonds. The monoisotopic (exact) mass is 461 g/mol. The van der Waals surface area contributed by atoms with Crippen LogP contribution in [0, 0.1) is 5.41 Å². The molecule has 4 rings (SSSR count). The number of aliphatic carboxylic acids is 1. The highest BCUT2D eigenvalue weighted by Gasteiger charge is 2.56. The van der Waals surface area contributed by atoms with Crippen molar-refractivity contribution in [3.8, 4) is 0 Å². The van der Waals surface area contributed by atoms with Crippen molar-refractivity contribution >= 4 is 57.6 Å². The van der Waals surface area contributed by atoms with Gasteiger partial charge >= 0.3 is 5.97 Å². The molecule has 2 fully saturated rings. The predicted octanol–water partition coefficient (Wildman–Crippen LogP) is 2.33. The van der Waals surface area contributed by atoms with Gasteiger partial charge in [-0.25, -0.2) is 0 Å². The quantitative estimate of drug-likeness (QED) is 0.402. The van der Waals surface area contributed by atoms with E-state index in [1.807, 2.05) is 18.2 Å². The van der Waals surface area contributed by atoms with E-state index in [1.54, 1.807) is 25.1 Å². The van der Waals surface area contributed by atoms with Gasteiger partial charge in [0.2, 0.25) is 5.91 Å². The lowest BCUT2D eigenvalue weighted by Crippen LogP contribution is -2.73. The Morgan fingerprint density at radius 2 is 2.13 bits per heavy atom. The Morgan fingerprint density at radius 1 is 1.35 bits per heavy atom. The maximum Gasteiger partial charge on any atom is 0.312 e. The lowest BCUT2D eigenvalue weighted by molar-refractivity contribution is -0.157. The minimum Gasteiger partial charge on any atom is -0.481 e. The first-order valence-electron chi connectivity index (χ1n) is 9.51. The van der Waals surface area contributed by atoms with Gasteiger partial charge in [0, 0.05) is 28.3 Å². The number of halogens is 1. The number of carboxylic acids is 1. The molecule has 2 aliphatic heterocycles. The molecule has 31 heavy (non-hydrogen) atoms. The van der Waals surface area contributed by atoms with E-state index in [9.17, 15) is 19.5 Å². The maximum atomic E-state index is 13.0. The minimum absolute atomic E-state index is 0.0201. The van der Waals surface area contributed by atoms with Crippen LogP contribution in [-0.4, -0.2) is 64.3 Å².